The second-order valence-electron chi connectivity index (χ2n) is 6.45. The van der Waals surface area contributed by atoms with E-state index in [9.17, 15) is 9.18 Å². The predicted molar refractivity (Wildman–Crippen MR) is 103 cm³/mol. The minimum absolute atomic E-state index is 0.219. The number of aromatic amines is 1. The van der Waals surface area contributed by atoms with E-state index in [1.165, 1.54) is 12.1 Å². The number of benzene rings is 2. The molecule has 2 aromatic heterocycles. The molecule has 0 saturated heterocycles. The summed E-state index contributed by atoms with van der Waals surface area (Å²) < 4.78 is 19.2. The third kappa shape index (κ3) is 3.21. The van der Waals surface area contributed by atoms with Gasteiger partial charge < -0.3 is 14.8 Å². The quantitative estimate of drug-likeness (QED) is 0.558. The van der Waals surface area contributed by atoms with Crippen LogP contribution in [-0.2, 0) is 6.54 Å². The fourth-order valence-electron chi connectivity index (χ4n) is 3.28. The van der Waals surface area contributed by atoms with E-state index in [-0.39, 0.29) is 17.9 Å². The Balaban J connectivity index is 1.78. The third-order valence-electron chi connectivity index (χ3n) is 4.59. The van der Waals surface area contributed by atoms with Gasteiger partial charge in [0.05, 0.1) is 11.2 Å². The van der Waals surface area contributed by atoms with E-state index in [2.05, 4.69) is 15.5 Å². The summed E-state index contributed by atoms with van der Waals surface area (Å²) in [6, 6.07) is 13.8. The highest BCUT2D eigenvalue weighted by Gasteiger charge is 2.13. The number of halogens is 1. The molecule has 0 aliphatic heterocycles. The number of aromatic nitrogens is 2. The molecule has 0 aliphatic rings. The minimum atomic E-state index is -0.282. The van der Waals surface area contributed by atoms with Crippen LogP contribution in [0.5, 0.6) is 0 Å². The Morgan fingerprint density at radius 1 is 1.15 bits per heavy atom. The van der Waals surface area contributed by atoms with Crippen LogP contribution in [0.2, 0.25) is 0 Å². The maximum Gasteiger partial charge on any atom is 0.250 e. The van der Waals surface area contributed by atoms with Crippen LogP contribution in [0.4, 0.5) is 10.1 Å². The Labute approximate surface area is 154 Å². The number of H-pyrrole nitrogens is 1. The highest BCUT2D eigenvalue weighted by molar-refractivity contribution is 5.94. The molecule has 4 rings (SSSR count). The number of pyridine rings is 1. The number of anilines is 1. The Bertz CT molecular complexity index is 1170. The van der Waals surface area contributed by atoms with Crippen molar-refractivity contribution in [3.8, 4) is 11.1 Å². The highest BCUT2D eigenvalue weighted by atomic mass is 19.1. The molecule has 5 nitrogen and oxygen atoms in total. The molecule has 2 N–H and O–H groups in total. The van der Waals surface area contributed by atoms with Crippen molar-refractivity contribution in [2.45, 2.75) is 20.4 Å². The average Bonchev–Trinajstić information content (AvgIpc) is 2.99. The smallest absolute Gasteiger partial charge is 0.250 e. The second-order valence-corrected chi connectivity index (χ2v) is 6.45. The molecule has 0 spiro atoms. The van der Waals surface area contributed by atoms with Crippen molar-refractivity contribution >= 4 is 16.6 Å². The van der Waals surface area contributed by atoms with Gasteiger partial charge in [-0.05, 0) is 37.6 Å². The molecule has 0 atom stereocenters. The lowest BCUT2D eigenvalue weighted by Crippen LogP contribution is -2.09. The Hall–Kier alpha value is -3.41. The lowest BCUT2D eigenvalue weighted by atomic mass is 10.0. The van der Waals surface area contributed by atoms with Gasteiger partial charge in [0.15, 0.2) is 0 Å². The summed E-state index contributed by atoms with van der Waals surface area (Å²) in [5.74, 6) is 0.452. The summed E-state index contributed by atoms with van der Waals surface area (Å²) in [5.41, 5.74) is 4.34. The summed E-state index contributed by atoms with van der Waals surface area (Å²) in [5, 5.41) is 8.03. The van der Waals surface area contributed by atoms with Crippen molar-refractivity contribution in [2.24, 2.45) is 0 Å². The van der Waals surface area contributed by atoms with Crippen molar-refractivity contribution in [3.63, 3.8) is 0 Å². The molecular formula is C21H18FN3O2. The lowest BCUT2D eigenvalue weighted by Gasteiger charge is -2.11. The zero-order valence-corrected chi connectivity index (χ0v) is 15.0. The first kappa shape index (κ1) is 17.0. The van der Waals surface area contributed by atoms with Crippen LogP contribution in [0.15, 0.2) is 57.8 Å². The van der Waals surface area contributed by atoms with Crippen molar-refractivity contribution in [1.82, 2.24) is 10.1 Å². The first-order valence-corrected chi connectivity index (χ1v) is 8.60. The number of hydrogen-bond acceptors (Lipinski definition) is 4. The molecule has 6 heteroatoms. The fourth-order valence-corrected chi connectivity index (χ4v) is 3.28. The van der Waals surface area contributed by atoms with E-state index in [4.69, 9.17) is 4.52 Å². The topological polar surface area (TPSA) is 70.9 Å². The zero-order valence-electron chi connectivity index (χ0n) is 15.0. The van der Waals surface area contributed by atoms with E-state index in [1.54, 1.807) is 18.2 Å². The van der Waals surface area contributed by atoms with Gasteiger partial charge in [-0.3, -0.25) is 4.79 Å². The molecule has 0 aliphatic carbocycles. The molecular weight excluding hydrogens is 345 g/mol. The molecule has 0 bridgehead atoms. The largest absolute Gasteiger partial charge is 0.380 e. The van der Waals surface area contributed by atoms with Gasteiger partial charge in [0, 0.05) is 34.8 Å². The number of aryl methyl sites for hydroxylation is 2. The van der Waals surface area contributed by atoms with Gasteiger partial charge in [0.1, 0.15) is 11.6 Å². The van der Waals surface area contributed by atoms with Crippen molar-refractivity contribution in [1.29, 1.82) is 0 Å². The monoisotopic (exact) mass is 363 g/mol. The molecule has 2 heterocycles. The third-order valence-corrected chi connectivity index (χ3v) is 4.59. The van der Waals surface area contributed by atoms with E-state index >= 15 is 0 Å². The second kappa shape index (κ2) is 6.72. The summed E-state index contributed by atoms with van der Waals surface area (Å²) in [6.45, 7) is 4.03. The number of nitrogens with one attached hydrogen (secondary N) is 2. The number of fused-ring (bicyclic) bond motifs is 1. The molecule has 4 aromatic rings. The lowest BCUT2D eigenvalue weighted by molar-refractivity contribution is 0.393. The van der Waals surface area contributed by atoms with Gasteiger partial charge in [-0.1, -0.05) is 29.4 Å². The molecule has 0 radical (unpaired) electrons. The standard InChI is InChI=1S/C21H18FN3O2/c1-12-21(13(2)27-25-12)14-7-8-18-16(9-14)19(10-20(26)24-18)23-11-15-5-3-4-6-17(15)22/h3-10H,11H2,1-2H3,(H2,23,24,26). The molecule has 0 saturated carbocycles. The molecule has 136 valence electrons. The molecule has 27 heavy (non-hydrogen) atoms. The minimum Gasteiger partial charge on any atom is -0.380 e. The normalized spacial score (nSPS) is 11.1. The zero-order chi connectivity index (χ0) is 19.0. The van der Waals surface area contributed by atoms with Gasteiger partial charge in [-0.2, -0.15) is 0 Å². The number of hydrogen-bond donors (Lipinski definition) is 2. The van der Waals surface area contributed by atoms with Gasteiger partial charge in [0.2, 0.25) is 5.56 Å². The van der Waals surface area contributed by atoms with E-state index in [0.717, 1.165) is 28.0 Å². The SMILES string of the molecule is Cc1noc(C)c1-c1ccc2[nH]c(=O)cc(NCc3ccccc3F)c2c1. The van der Waals surface area contributed by atoms with Gasteiger partial charge in [-0.25, -0.2) is 4.39 Å². The number of nitrogens with zero attached hydrogens (tertiary/aromatic N) is 1. The molecule has 2 aromatic carbocycles. The maximum atomic E-state index is 13.9. The fraction of sp³-hybridized carbons (Fsp3) is 0.143. The Kier molecular flexibility index (Phi) is 4.24. The predicted octanol–water partition coefficient (Wildman–Crippen LogP) is 4.55. The molecule has 0 fully saturated rings. The first-order chi connectivity index (χ1) is 13.0. The van der Waals surface area contributed by atoms with Crippen molar-refractivity contribution in [3.05, 3.63) is 81.7 Å². The molecule has 0 amide bonds. The summed E-state index contributed by atoms with van der Waals surface area (Å²) in [6.07, 6.45) is 0. The first-order valence-electron chi connectivity index (χ1n) is 8.60. The van der Waals surface area contributed by atoms with Crippen LogP contribution in [0.1, 0.15) is 17.0 Å². The van der Waals surface area contributed by atoms with Crippen LogP contribution in [0, 0.1) is 19.7 Å². The van der Waals surface area contributed by atoms with E-state index in [1.807, 2.05) is 32.0 Å². The van der Waals surface area contributed by atoms with Crippen molar-refractivity contribution < 1.29 is 8.91 Å². The van der Waals surface area contributed by atoms with E-state index in [0.29, 0.717) is 16.8 Å². The van der Waals surface area contributed by atoms with E-state index < -0.39 is 0 Å². The van der Waals surface area contributed by atoms with Gasteiger partial charge in [-0.15, -0.1) is 0 Å². The summed E-state index contributed by atoms with van der Waals surface area (Å²) in [7, 11) is 0. The average molecular weight is 363 g/mol. The van der Waals surface area contributed by atoms with Crippen molar-refractivity contribution in [2.75, 3.05) is 5.32 Å². The maximum absolute atomic E-state index is 13.9. The van der Waals surface area contributed by atoms with Crippen LogP contribution >= 0.6 is 0 Å². The highest BCUT2D eigenvalue weighted by Crippen LogP contribution is 2.31. The van der Waals surface area contributed by atoms with Gasteiger partial charge in [0.25, 0.3) is 0 Å². The van der Waals surface area contributed by atoms with Crippen LogP contribution in [0.3, 0.4) is 0 Å². The number of rotatable bonds is 4. The van der Waals surface area contributed by atoms with Crippen LogP contribution < -0.4 is 10.9 Å². The Morgan fingerprint density at radius 2 is 1.96 bits per heavy atom. The Morgan fingerprint density at radius 3 is 2.70 bits per heavy atom. The van der Waals surface area contributed by atoms with Gasteiger partial charge >= 0.3 is 0 Å². The van der Waals surface area contributed by atoms with Crippen LogP contribution in [0.25, 0.3) is 22.0 Å². The summed E-state index contributed by atoms with van der Waals surface area (Å²) >= 11 is 0. The molecule has 0 unspecified atom stereocenters. The summed E-state index contributed by atoms with van der Waals surface area (Å²) in [4.78, 5) is 14.8. The van der Waals surface area contributed by atoms with Crippen LogP contribution in [-0.4, -0.2) is 10.1 Å².